The highest BCUT2D eigenvalue weighted by Gasteiger charge is 2.09. The molecule has 0 atom stereocenters. The molecule has 0 spiro atoms. The Morgan fingerprint density at radius 3 is 2.24 bits per heavy atom. The number of hydrogen-bond acceptors (Lipinski definition) is 4. The summed E-state index contributed by atoms with van der Waals surface area (Å²) in [7, 11) is 2.64. The second kappa shape index (κ2) is 8.36. The highest BCUT2D eigenvalue weighted by Crippen LogP contribution is 2.07. The molecule has 0 heterocycles. The molecule has 0 amide bonds. The van der Waals surface area contributed by atoms with Crippen LogP contribution in [0.15, 0.2) is 24.3 Å². The summed E-state index contributed by atoms with van der Waals surface area (Å²) in [6.07, 6.45) is 0.970. The maximum atomic E-state index is 8.90. The van der Waals surface area contributed by atoms with E-state index in [4.69, 9.17) is 14.8 Å². The van der Waals surface area contributed by atoms with Crippen LogP contribution in [-0.4, -0.2) is 49.3 Å². The third-order valence-corrected chi connectivity index (χ3v) is 2.20. The van der Waals surface area contributed by atoms with Crippen molar-refractivity contribution in [1.82, 2.24) is 4.90 Å². The van der Waals surface area contributed by atoms with Crippen LogP contribution in [0.5, 0.6) is 5.75 Å². The Balaban J connectivity index is 0.00000256. The van der Waals surface area contributed by atoms with Crippen LogP contribution in [0.2, 0.25) is 0 Å². The molecule has 0 unspecified atom stereocenters. The van der Waals surface area contributed by atoms with Crippen molar-refractivity contribution >= 4 is 25.0 Å². The van der Waals surface area contributed by atoms with Crippen LogP contribution in [0.3, 0.4) is 0 Å². The normalized spacial score (nSPS) is 9.94. The predicted octanol–water partition coefficient (Wildman–Crippen LogP) is 0.119. The maximum absolute atomic E-state index is 8.90. The Bertz CT molecular complexity index is 306. The van der Waals surface area contributed by atoms with Gasteiger partial charge in [0.1, 0.15) is 5.75 Å². The first-order valence-electron chi connectivity index (χ1n) is 5.33. The number of rotatable bonds is 6. The lowest BCUT2D eigenvalue weighted by Gasteiger charge is -2.10. The fourth-order valence-electron chi connectivity index (χ4n) is 1.31. The molecule has 0 aromatic heterocycles. The van der Waals surface area contributed by atoms with E-state index < -0.39 is 7.12 Å². The summed E-state index contributed by atoms with van der Waals surface area (Å²) in [4.78, 5) is 2.11. The minimum absolute atomic E-state index is 0. The van der Waals surface area contributed by atoms with Crippen LogP contribution < -0.4 is 10.2 Å². The van der Waals surface area contributed by atoms with Gasteiger partial charge >= 0.3 is 7.12 Å². The third kappa shape index (κ3) is 6.53. The van der Waals surface area contributed by atoms with Gasteiger partial charge in [-0.05, 0) is 38.1 Å². The lowest BCUT2D eigenvalue weighted by Crippen LogP contribution is -2.29. The molecule has 6 heteroatoms. The Kier molecular flexibility index (Phi) is 7.99. The van der Waals surface area contributed by atoms with Crippen LogP contribution in [0.25, 0.3) is 0 Å². The van der Waals surface area contributed by atoms with Crippen molar-refractivity contribution in [2.45, 2.75) is 6.42 Å². The lowest BCUT2D eigenvalue weighted by molar-refractivity contribution is 0.281. The first kappa shape index (κ1) is 16.3. The second-order valence-corrected chi connectivity index (χ2v) is 3.95. The molecule has 0 saturated carbocycles. The summed E-state index contributed by atoms with van der Waals surface area (Å²) in [6, 6.07) is 6.77. The summed E-state index contributed by atoms with van der Waals surface area (Å²) < 4.78 is 5.50. The van der Waals surface area contributed by atoms with Gasteiger partial charge in [0, 0.05) is 6.54 Å². The highest BCUT2D eigenvalue weighted by atomic mass is 35.5. The fraction of sp³-hybridized carbons (Fsp3) is 0.455. The van der Waals surface area contributed by atoms with Gasteiger partial charge in [-0.1, -0.05) is 12.1 Å². The van der Waals surface area contributed by atoms with E-state index >= 15 is 0 Å². The van der Waals surface area contributed by atoms with Gasteiger partial charge in [0.2, 0.25) is 0 Å². The van der Waals surface area contributed by atoms with E-state index in [9.17, 15) is 0 Å². The summed E-state index contributed by atoms with van der Waals surface area (Å²) in [5.74, 6) is 0.753. The van der Waals surface area contributed by atoms with Gasteiger partial charge in [0.25, 0.3) is 0 Å². The fourth-order valence-corrected chi connectivity index (χ4v) is 1.31. The molecule has 0 saturated heterocycles. The molecule has 0 radical (unpaired) electrons. The van der Waals surface area contributed by atoms with E-state index in [0.29, 0.717) is 12.1 Å². The standard InChI is InChI=1S/C11H18BNO3.ClH/c1-13(2)8-3-9-16-11-6-4-10(5-7-11)12(14)15;/h4-7,14-15H,3,8-9H2,1-2H3;1H. The number of ether oxygens (including phenoxy) is 1. The van der Waals surface area contributed by atoms with E-state index in [1.165, 1.54) is 0 Å². The van der Waals surface area contributed by atoms with E-state index in [1.54, 1.807) is 24.3 Å². The molecule has 0 aliphatic heterocycles. The zero-order valence-corrected chi connectivity index (χ0v) is 11.0. The van der Waals surface area contributed by atoms with Crippen molar-refractivity contribution in [3.8, 4) is 5.75 Å². The summed E-state index contributed by atoms with van der Waals surface area (Å²) in [5, 5.41) is 17.8. The predicted molar refractivity (Wildman–Crippen MR) is 72.2 cm³/mol. The first-order valence-corrected chi connectivity index (χ1v) is 5.33. The largest absolute Gasteiger partial charge is 0.494 e. The average Bonchev–Trinajstić information content (AvgIpc) is 2.25. The van der Waals surface area contributed by atoms with E-state index in [-0.39, 0.29) is 12.4 Å². The number of halogens is 1. The molecule has 0 bridgehead atoms. The molecule has 0 aliphatic carbocycles. The van der Waals surface area contributed by atoms with Crippen molar-refractivity contribution < 1.29 is 14.8 Å². The molecular formula is C11H19BClNO3. The first-order chi connectivity index (χ1) is 7.59. The van der Waals surface area contributed by atoms with Crippen LogP contribution in [0.4, 0.5) is 0 Å². The van der Waals surface area contributed by atoms with Gasteiger partial charge in [-0.25, -0.2) is 0 Å². The smallest absolute Gasteiger partial charge is 0.488 e. The zero-order valence-electron chi connectivity index (χ0n) is 10.2. The summed E-state index contributed by atoms with van der Waals surface area (Å²) in [5.41, 5.74) is 0.473. The maximum Gasteiger partial charge on any atom is 0.488 e. The number of hydrogen-bond donors (Lipinski definition) is 2. The molecule has 17 heavy (non-hydrogen) atoms. The number of benzene rings is 1. The molecule has 96 valence electrons. The van der Waals surface area contributed by atoms with Crippen molar-refractivity contribution in [3.05, 3.63) is 24.3 Å². The Hall–Kier alpha value is -0.745. The van der Waals surface area contributed by atoms with Crippen molar-refractivity contribution in [2.75, 3.05) is 27.2 Å². The minimum atomic E-state index is -1.41. The lowest BCUT2D eigenvalue weighted by atomic mass is 9.80. The molecular weight excluding hydrogens is 240 g/mol. The molecule has 0 aliphatic rings. The Morgan fingerprint density at radius 2 is 1.76 bits per heavy atom. The molecule has 1 aromatic rings. The Labute approximate surface area is 109 Å². The van der Waals surface area contributed by atoms with E-state index in [2.05, 4.69) is 4.90 Å². The summed E-state index contributed by atoms with van der Waals surface area (Å²) >= 11 is 0. The van der Waals surface area contributed by atoms with Gasteiger partial charge in [0.15, 0.2) is 0 Å². The monoisotopic (exact) mass is 259 g/mol. The van der Waals surface area contributed by atoms with Crippen LogP contribution >= 0.6 is 12.4 Å². The van der Waals surface area contributed by atoms with Crippen LogP contribution in [0, 0.1) is 0 Å². The van der Waals surface area contributed by atoms with Gasteiger partial charge in [-0.3, -0.25) is 0 Å². The Morgan fingerprint density at radius 1 is 1.18 bits per heavy atom. The quantitative estimate of drug-likeness (QED) is 0.563. The van der Waals surface area contributed by atoms with Gasteiger partial charge in [-0.15, -0.1) is 12.4 Å². The average molecular weight is 260 g/mol. The van der Waals surface area contributed by atoms with Crippen molar-refractivity contribution in [1.29, 1.82) is 0 Å². The van der Waals surface area contributed by atoms with Crippen LogP contribution in [0.1, 0.15) is 6.42 Å². The topological polar surface area (TPSA) is 52.9 Å². The summed E-state index contributed by atoms with van der Waals surface area (Å²) in [6.45, 7) is 1.66. The minimum Gasteiger partial charge on any atom is -0.494 e. The van der Waals surface area contributed by atoms with Gasteiger partial charge in [0.05, 0.1) is 6.61 Å². The van der Waals surface area contributed by atoms with Gasteiger partial charge in [-0.2, -0.15) is 0 Å². The molecule has 4 nitrogen and oxygen atoms in total. The van der Waals surface area contributed by atoms with E-state index in [1.807, 2.05) is 14.1 Å². The number of nitrogens with zero attached hydrogens (tertiary/aromatic N) is 1. The third-order valence-electron chi connectivity index (χ3n) is 2.20. The van der Waals surface area contributed by atoms with Crippen molar-refractivity contribution in [3.63, 3.8) is 0 Å². The molecule has 0 fully saturated rings. The van der Waals surface area contributed by atoms with Crippen molar-refractivity contribution in [2.24, 2.45) is 0 Å². The van der Waals surface area contributed by atoms with E-state index in [0.717, 1.165) is 18.7 Å². The molecule has 1 rings (SSSR count). The molecule has 1 aromatic carbocycles. The van der Waals surface area contributed by atoms with Gasteiger partial charge < -0.3 is 19.7 Å². The second-order valence-electron chi connectivity index (χ2n) is 3.95. The molecule has 2 N–H and O–H groups in total. The zero-order chi connectivity index (χ0) is 12.0. The SMILES string of the molecule is CN(C)CCCOc1ccc(B(O)O)cc1.Cl. The van der Waals surface area contributed by atoms with Crippen LogP contribution in [-0.2, 0) is 0 Å². The highest BCUT2D eigenvalue weighted by molar-refractivity contribution is 6.58.